The molecule has 0 aliphatic carbocycles. The fourth-order valence-corrected chi connectivity index (χ4v) is 3.39. The standard InChI is InChI=1S/C19H18ClN7O/c1-2-3-4-17-22-18(20)16(11-28)27(17)10-12-5-7-14-13(9-12)6-8-15(21-14)19-23-25-26-24-19/h5-9,11H,2-4,10H2,1H3,(H,23,24,25,26). The van der Waals surface area contributed by atoms with Gasteiger partial charge in [0.1, 0.15) is 17.2 Å². The van der Waals surface area contributed by atoms with Crippen LogP contribution in [-0.2, 0) is 13.0 Å². The molecule has 4 aromatic rings. The van der Waals surface area contributed by atoms with E-state index in [1.807, 2.05) is 28.8 Å². The molecule has 3 heterocycles. The van der Waals surface area contributed by atoms with Gasteiger partial charge in [-0.2, -0.15) is 5.21 Å². The van der Waals surface area contributed by atoms with Crippen LogP contribution < -0.4 is 0 Å². The van der Waals surface area contributed by atoms with Crippen molar-refractivity contribution in [1.82, 2.24) is 35.2 Å². The number of nitrogens with one attached hydrogen (secondary N) is 1. The van der Waals surface area contributed by atoms with Gasteiger partial charge in [-0.15, -0.1) is 10.2 Å². The minimum Gasteiger partial charge on any atom is -0.320 e. The first-order valence-electron chi connectivity index (χ1n) is 9.03. The molecule has 0 saturated heterocycles. The van der Waals surface area contributed by atoms with Gasteiger partial charge in [-0.3, -0.25) is 4.79 Å². The van der Waals surface area contributed by atoms with Crippen LogP contribution in [0.1, 0.15) is 41.6 Å². The highest BCUT2D eigenvalue weighted by atomic mass is 35.5. The number of carbonyl (C=O) groups excluding carboxylic acids is 1. The number of aryl methyl sites for hydroxylation is 1. The highest BCUT2D eigenvalue weighted by Gasteiger charge is 2.15. The molecule has 3 aromatic heterocycles. The number of H-pyrrole nitrogens is 1. The van der Waals surface area contributed by atoms with E-state index in [1.54, 1.807) is 0 Å². The zero-order chi connectivity index (χ0) is 19.5. The molecule has 0 bridgehead atoms. The zero-order valence-corrected chi connectivity index (χ0v) is 16.0. The summed E-state index contributed by atoms with van der Waals surface area (Å²) in [5.41, 5.74) is 2.94. The lowest BCUT2D eigenvalue weighted by Gasteiger charge is -2.10. The van der Waals surface area contributed by atoms with Gasteiger partial charge in [0, 0.05) is 18.4 Å². The minimum absolute atomic E-state index is 0.258. The average molecular weight is 396 g/mol. The molecule has 28 heavy (non-hydrogen) atoms. The van der Waals surface area contributed by atoms with E-state index in [-0.39, 0.29) is 5.15 Å². The van der Waals surface area contributed by atoms with Crippen LogP contribution in [-0.4, -0.2) is 41.4 Å². The first-order valence-corrected chi connectivity index (χ1v) is 9.41. The van der Waals surface area contributed by atoms with Gasteiger partial charge >= 0.3 is 0 Å². The van der Waals surface area contributed by atoms with Crippen molar-refractivity contribution in [3.05, 3.63) is 52.6 Å². The third-order valence-electron chi connectivity index (χ3n) is 4.58. The summed E-state index contributed by atoms with van der Waals surface area (Å²) in [4.78, 5) is 20.5. The highest BCUT2D eigenvalue weighted by molar-refractivity contribution is 6.31. The van der Waals surface area contributed by atoms with E-state index in [0.29, 0.717) is 23.8 Å². The van der Waals surface area contributed by atoms with Crippen LogP contribution in [0.5, 0.6) is 0 Å². The van der Waals surface area contributed by atoms with Gasteiger partial charge in [0.05, 0.1) is 5.52 Å². The number of unbranched alkanes of at least 4 members (excludes halogenated alkanes) is 1. The Balaban J connectivity index is 1.67. The Morgan fingerprint density at radius 3 is 2.86 bits per heavy atom. The predicted octanol–water partition coefficient (Wildman–Crippen LogP) is 3.47. The third-order valence-corrected chi connectivity index (χ3v) is 4.85. The number of hydrogen-bond donors (Lipinski definition) is 1. The molecule has 0 amide bonds. The summed E-state index contributed by atoms with van der Waals surface area (Å²) in [6.45, 7) is 2.64. The topological polar surface area (TPSA) is 102 Å². The van der Waals surface area contributed by atoms with Crippen LogP contribution in [0.15, 0.2) is 30.3 Å². The van der Waals surface area contributed by atoms with Crippen molar-refractivity contribution < 1.29 is 4.79 Å². The van der Waals surface area contributed by atoms with E-state index in [9.17, 15) is 4.79 Å². The summed E-state index contributed by atoms with van der Waals surface area (Å²) in [6, 6.07) is 9.81. The number of hydrogen-bond acceptors (Lipinski definition) is 6. The smallest absolute Gasteiger partial charge is 0.222 e. The van der Waals surface area contributed by atoms with E-state index in [1.165, 1.54) is 0 Å². The number of rotatable bonds is 7. The second-order valence-corrected chi connectivity index (χ2v) is 6.83. The van der Waals surface area contributed by atoms with Gasteiger partial charge in [-0.1, -0.05) is 37.1 Å². The number of imidazole rings is 1. The summed E-state index contributed by atoms with van der Waals surface area (Å²) in [5.74, 6) is 1.29. The Bertz CT molecular complexity index is 1120. The number of benzene rings is 1. The lowest BCUT2D eigenvalue weighted by atomic mass is 10.1. The van der Waals surface area contributed by atoms with Crippen LogP contribution in [0.2, 0.25) is 5.15 Å². The molecule has 8 nitrogen and oxygen atoms in total. The Labute approximate surface area is 166 Å². The van der Waals surface area contributed by atoms with Crippen molar-refractivity contribution in [1.29, 1.82) is 0 Å². The van der Waals surface area contributed by atoms with Gasteiger partial charge in [0.25, 0.3) is 0 Å². The third kappa shape index (κ3) is 3.50. The van der Waals surface area contributed by atoms with Crippen LogP contribution in [0, 0.1) is 0 Å². The SMILES string of the molecule is CCCCc1nc(Cl)c(C=O)n1Cc1ccc2nc(-c3nn[nH]n3)ccc2c1. The molecule has 0 saturated carbocycles. The Hall–Kier alpha value is -3.13. The van der Waals surface area contributed by atoms with Gasteiger partial charge in [0.15, 0.2) is 11.4 Å². The maximum atomic E-state index is 11.5. The quantitative estimate of drug-likeness (QED) is 0.480. The van der Waals surface area contributed by atoms with E-state index in [2.05, 4.69) is 43.6 Å². The molecule has 0 spiro atoms. The molecule has 1 aromatic carbocycles. The molecule has 1 N–H and O–H groups in total. The van der Waals surface area contributed by atoms with E-state index in [4.69, 9.17) is 11.6 Å². The fraction of sp³-hybridized carbons (Fsp3) is 0.263. The maximum Gasteiger partial charge on any atom is 0.222 e. The van der Waals surface area contributed by atoms with Crippen molar-refractivity contribution in [2.75, 3.05) is 0 Å². The van der Waals surface area contributed by atoms with Crippen LogP contribution in [0.3, 0.4) is 0 Å². The Morgan fingerprint density at radius 2 is 2.11 bits per heavy atom. The van der Waals surface area contributed by atoms with Crippen LogP contribution in [0.25, 0.3) is 22.4 Å². The summed E-state index contributed by atoms with van der Waals surface area (Å²) in [5, 5.41) is 15.1. The van der Waals surface area contributed by atoms with Crippen molar-refractivity contribution in [2.45, 2.75) is 32.7 Å². The maximum absolute atomic E-state index is 11.5. The molecule has 9 heteroatoms. The molecule has 0 aliphatic rings. The second kappa shape index (κ2) is 7.85. The van der Waals surface area contributed by atoms with Crippen molar-refractivity contribution in [3.63, 3.8) is 0 Å². The molecule has 0 atom stereocenters. The van der Waals surface area contributed by atoms with E-state index in [0.717, 1.165) is 47.8 Å². The number of fused-ring (bicyclic) bond motifs is 1. The molecular weight excluding hydrogens is 378 g/mol. The second-order valence-electron chi connectivity index (χ2n) is 6.47. The first-order chi connectivity index (χ1) is 13.7. The lowest BCUT2D eigenvalue weighted by Crippen LogP contribution is -2.08. The highest BCUT2D eigenvalue weighted by Crippen LogP contribution is 2.22. The van der Waals surface area contributed by atoms with Gasteiger partial charge in [-0.25, -0.2) is 9.97 Å². The van der Waals surface area contributed by atoms with Gasteiger partial charge < -0.3 is 4.57 Å². The molecular formula is C19H18ClN7O. The number of aromatic nitrogens is 7. The summed E-state index contributed by atoms with van der Waals surface area (Å²) < 4.78 is 1.90. The molecule has 0 radical (unpaired) electrons. The number of carbonyl (C=O) groups is 1. The number of aromatic amines is 1. The number of nitrogens with zero attached hydrogens (tertiary/aromatic N) is 6. The zero-order valence-electron chi connectivity index (χ0n) is 15.3. The summed E-state index contributed by atoms with van der Waals surface area (Å²) in [6.07, 6.45) is 3.59. The van der Waals surface area contributed by atoms with Gasteiger partial charge in [0.2, 0.25) is 5.82 Å². The normalized spacial score (nSPS) is 11.2. The Kier molecular flexibility index (Phi) is 5.12. The lowest BCUT2D eigenvalue weighted by molar-refractivity contribution is 0.111. The number of pyridine rings is 1. The van der Waals surface area contributed by atoms with E-state index < -0.39 is 0 Å². The monoisotopic (exact) mass is 395 g/mol. The molecule has 142 valence electrons. The first kappa shape index (κ1) is 18.2. The van der Waals surface area contributed by atoms with Crippen LogP contribution in [0.4, 0.5) is 0 Å². The van der Waals surface area contributed by atoms with Gasteiger partial charge in [-0.05, 0) is 35.4 Å². The average Bonchev–Trinajstić information content (AvgIpc) is 3.34. The minimum atomic E-state index is 0.258. The van der Waals surface area contributed by atoms with Crippen LogP contribution >= 0.6 is 11.6 Å². The largest absolute Gasteiger partial charge is 0.320 e. The summed E-state index contributed by atoms with van der Waals surface area (Å²) >= 11 is 6.16. The number of halogens is 1. The van der Waals surface area contributed by atoms with Crippen molar-refractivity contribution in [2.24, 2.45) is 0 Å². The summed E-state index contributed by atoms with van der Waals surface area (Å²) in [7, 11) is 0. The van der Waals surface area contributed by atoms with E-state index >= 15 is 0 Å². The molecule has 0 aliphatic heterocycles. The number of aldehydes is 1. The Morgan fingerprint density at radius 1 is 1.21 bits per heavy atom. The molecule has 0 unspecified atom stereocenters. The fourth-order valence-electron chi connectivity index (χ4n) is 3.15. The number of tetrazole rings is 1. The van der Waals surface area contributed by atoms with Crippen molar-refractivity contribution >= 4 is 28.8 Å². The molecule has 0 fully saturated rings. The molecule has 4 rings (SSSR count). The predicted molar refractivity (Wildman–Crippen MR) is 105 cm³/mol. The van der Waals surface area contributed by atoms with Crippen molar-refractivity contribution in [3.8, 4) is 11.5 Å².